The van der Waals surface area contributed by atoms with Crippen LogP contribution in [0.2, 0.25) is 0 Å². The van der Waals surface area contributed by atoms with Crippen LogP contribution in [0.4, 0.5) is 0 Å². The lowest BCUT2D eigenvalue weighted by molar-refractivity contribution is -0.188. The molecule has 0 aliphatic carbocycles. The lowest BCUT2D eigenvalue weighted by Crippen LogP contribution is -2.30. The van der Waals surface area contributed by atoms with Crippen molar-refractivity contribution < 1.29 is 29.6 Å². The Morgan fingerprint density at radius 3 is 2.56 bits per heavy atom. The Balaban J connectivity index is 0.000000516. The minimum atomic E-state index is -1.05. The van der Waals surface area contributed by atoms with E-state index >= 15 is 0 Å². The highest BCUT2D eigenvalue weighted by atomic mass is 17.2. The van der Waals surface area contributed by atoms with E-state index in [9.17, 15) is 9.59 Å². The molecule has 0 fully saturated rings. The van der Waals surface area contributed by atoms with Crippen LogP contribution >= 0.6 is 0 Å². The summed E-state index contributed by atoms with van der Waals surface area (Å²) in [4.78, 5) is 41.3. The maximum Gasteiger partial charge on any atom is 0.328 e. The number of nitrogens with zero attached hydrogens (tertiary/aromatic N) is 3. The molecule has 0 spiro atoms. The highest BCUT2D eigenvalue weighted by molar-refractivity contribution is 5.76. The average Bonchev–Trinajstić information content (AvgIpc) is 3.14. The predicted octanol–water partition coefficient (Wildman–Crippen LogP) is 0.474. The van der Waals surface area contributed by atoms with Crippen LogP contribution in [0, 0.1) is 0 Å². The van der Waals surface area contributed by atoms with Crippen LogP contribution in [0.1, 0.15) is 26.2 Å². The number of aliphatic carboxylic acids is 2. The summed E-state index contributed by atoms with van der Waals surface area (Å²) in [6.07, 6.45) is 8.51. The summed E-state index contributed by atoms with van der Waals surface area (Å²) >= 11 is 0. The molecular weight excluding hydrogens is 358 g/mol. The second-order valence-corrected chi connectivity index (χ2v) is 5.01. The third-order valence-corrected chi connectivity index (χ3v) is 3.02. The minimum absolute atomic E-state index is 0.149. The van der Waals surface area contributed by atoms with Gasteiger partial charge < -0.3 is 26.6 Å². The molecule has 2 atom stereocenters. The van der Waals surface area contributed by atoms with E-state index in [1.165, 1.54) is 19.5 Å². The van der Waals surface area contributed by atoms with Gasteiger partial charge in [0.15, 0.2) is 6.04 Å². The molecular formula is C16H25N5O6. The van der Waals surface area contributed by atoms with E-state index in [1.54, 1.807) is 13.1 Å². The van der Waals surface area contributed by atoms with Crippen LogP contribution in [0.25, 0.3) is 0 Å². The third kappa shape index (κ3) is 11.2. The van der Waals surface area contributed by atoms with Crippen LogP contribution in [0.3, 0.4) is 0 Å². The molecule has 0 unspecified atom stereocenters. The van der Waals surface area contributed by atoms with Crippen molar-refractivity contribution in [2.45, 2.75) is 38.3 Å². The molecule has 0 amide bonds. The molecule has 0 radical (unpaired) electrons. The number of hydrogen-bond donors (Lipinski definition) is 4. The van der Waals surface area contributed by atoms with Gasteiger partial charge in [0.25, 0.3) is 0 Å². The van der Waals surface area contributed by atoms with Crippen molar-refractivity contribution in [1.29, 1.82) is 0 Å². The first-order chi connectivity index (χ1) is 12.8. The van der Waals surface area contributed by atoms with Gasteiger partial charge in [0.1, 0.15) is 6.04 Å². The number of carboxylic acids is 2. The maximum absolute atomic E-state index is 10.8. The van der Waals surface area contributed by atoms with Gasteiger partial charge in [0, 0.05) is 43.6 Å². The first kappa shape index (κ1) is 23.9. The number of rotatable bonds is 10. The predicted molar refractivity (Wildman–Crippen MR) is 100 cm³/mol. The molecule has 1 aliphatic rings. The number of nitrogens with two attached hydrogens (primary N) is 2. The van der Waals surface area contributed by atoms with E-state index in [1.807, 2.05) is 6.08 Å². The van der Waals surface area contributed by atoms with E-state index in [2.05, 4.69) is 24.8 Å². The number of carboxylic acid groups (broad SMARTS) is 2. The van der Waals surface area contributed by atoms with Crippen molar-refractivity contribution in [3.63, 3.8) is 0 Å². The second kappa shape index (κ2) is 14.2. The highest BCUT2D eigenvalue weighted by Crippen LogP contribution is 2.14. The zero-order chi connectivity index (χ0) is 20.7. The number of aliphatic imine (C=N–C) groups is 3. The standard InChI is InChI=1S/C9H12N2O4.C7H13N3O2/c1-14-15-6-11-8(9(12)13)5-7-3-2-4-10-7;1-2-10-5(4-8)3-6(9)7(11)12/h3-4,6,8H,2,5H2,1H3,(H,12,13);2,4,6H,3,8-9H2,1H3,(H,11,12)/b;5-4-,10-2?/t8-;6-/m00/s1. The van der Waals surface area contributed by atoms with E-state index in [0.29, 0.717) is 5.70 Å². The summed E-state index contributed by atoms with van der Waals surface area (Å²) in [5, 5.41) is 17.3. The molecule has 11 nitrogen and oxygen atoms in total. The zero-order valence-corrected chi connectivity index (χ0v) is 15.2. The Morgan fingerprint density at radius 2 is 2.11 bits per heavy atom. The van der Waals surface area contributed by atoms with Crippen molar-refractivity contribution in [2.24, 2.45) is 26.4 Å². The van der Waals surface area contributed by atoms with Gasteiger partial charge in [-0.1, -0.05) is 6.08 Å². The maximum atomic E-state index is 10.8. The van der Waals surface area contributed by atoms with E-state index in [4.69, 9.17) is 21.7 Å². The molecule has 1 heterocycles. The van der Waals surface area contributed by atoms with Gasteiger partial charge in [-0.3, -0.25) is 14.8 Å². The van der Waals surface area contributed by atoms with Gasteiger partial charge in [-0.25, -0.2) is 9.79 Å². The normalized spacial score (nSPS) is 16.0. The number of hydrogen-bond acceptors (Lipinski definition) is 9. The summed E-state index contributed by atoms with van der Waals surface area (Å²) in [6.45, 7) is 1.72. The van der Waals surface area contributed by atoms with Gasteiger partial charge in [-0.15, -0.1) is 0 Å². The molecule has 0 saturated heterocycles. The van der Waals surface area contributed by atoms with Crippen LogP contribution in [-0.2, 0) is 19.4 Å². The quantitative estimate of drug-likeness (QED) is 0.182. The molecule has 1 aliphatic heterocycles. The molecule has 6 N–H and O–H groups in total. The zero-order valence-electron chi connectivity index (χ0n) is 15.2. The third-order valence-electron chi connectivity index (χ3n) is 3.02. The van der Waals surface area contributed by atoms with Crippen molar-refractivity contribution >= 4 is 30.8 Å². The first-order valence-corrected chi connectivity index (χ1v) is 7.88. The molecule has 0 bridgehead atoms. The van der Waals surface area contributed by atoms with E-state index in [0.717, 1.165) is 18.5 Å². The topological polar surface area (TPSA) is 182 Å². The smallest absolute Gasteiger partial charge is 0.328 e. The van der Waals surface area contributed by atoms with Gasteiger partial charge in [0.05, 0.1) is 12.8 Å². The molecule has 11 heteroatoms. The molecule has 150 valence electrons. The first-order valence-electron chi connectivity index (χ1n) is 7.88. The summed E-state index contributed by atoms with van der Waals surface area (Å²) in [6, 6.07) is -1.83. The van der Waals surface area contributed by atoms with Crippen molar-refractivity contribution in [2.75, 3.05) is 7.11 Å². The number of carbonyl (C=O) groups is 2. The van der Waals surface area contributed by atoms with Crippen molar-refractivity contribution in [3.8, 4) is 0 Å². The van der Waals surface area contributed by atoms with Crippen LogP contribution in [0.15, 0.2) is 38.6 Å². The molecule has 27 heavy (non-hydrogen) atoms. The summed E-state index contributed by atoms with van der Waals surface area (Å²) in [5.41, 5.74) is 11.6. The fraction of sp³-hybridized carbons (Fsp3) is 0.438. The number of allylic oxidation sites excluding steroid dienone is 1. The summed E-state index contributed by atoms with van der Waals surface area (Å²) in [7, 11) is 1.31. The molecule has 1 rings (SSSR count). The van der Waals surface area contributed by atoms with Gasteiger partial charge in [-0.2, -0.15) is 4.89 Å². The Hall–Kier alpha value is -3.05. The second-order valence-electron chi connectivity index (χ2n) is 5.01. The van der Waals surface area contributed by atoms with E-state index in [-0.39, 0.29) is 12.8 Å². The SMILES string of the molecule is CC=N/C(=C\N)C[C@H](N)C(=O)O.COOC=N[C@@H](CC1=CCC=N1)C(=O)O. The fourth-order valence-corrected chi connectivity index (χ4v) is 1.73. The Morgan fingerprint density at radius 1 is 1.41 bits per heavy atom. The Kier molecular flexibility index (Phi) is 12.6. The molecule has 0 saturated carbocycles. The molecule has 0 aromatic rings. The Labute approximate surface area is 156 Å². The van der Waals surface area contributed by atoms with Gasteiger partial charge in [0.2, 0.25) is 6.40 Å². The monoisotopic (exact) mass is 383 g/mol. The van der Waals surface area contributed by atoms with E-state index < -0.39 is 24.0 Å². The Bertz CT molecular complexity index is 627. The lowest BCUT2D eigenvalue weighted by Gasteiger charge is -2.05. The van der Waals surface area contributed by atoms with Crippen LogP contribution in [-0.4, -0.2) is 60.2 Å². The van der Waals surface area contributed by atoms with Gasteiger partial charge in [-0.05, 0) is 6.92 Å². The summed E-state index contributed by atoms with van der Waals surface area (Å²) in [5.74, 6) is -2.07. The lowest BCUT2D eigenvalue weighted by atomic mass is 10.1. The molecule has 0 aromatic carbocycles. The van der Waals surface area contributed by atoms with Crippen LogP contribution in [0.5, 0.6) is 0 Å². The fourth-order valence-electron chi connectivity index (χ4n) is 1.73. The minimum Gasteiger partial charge on any atom is -0.480 e. The average molecular weight is 383 g/mol. The molecule has 0 aromatic heterocycles. The highest BCUT2D eigenvalue weighted by Gasteiger charge is 2.18. The van der Waals surface area contributed by atoms with Crippen LogP contribution < -0.4 is 11.5 Å². The van der Waals surface area contributed by atoms with Gasteiger partial charge >= 0.3 is 11.9 Å². The van der Waals surface area contributed by atoms with Crippen molar-refractivity contribution in [1.82, 2.24) is 0 Å². The summed E-state index contributed by atoms with van der Waals surface area (Å²) < 4.78 is 0. The van der Waals surface area contributed by atoms with Crippen molar-refractivity contribution in [3.05, 3.63) is 23.7 Å². The largest absolute Gasteiger partial charge is 0.480 e.